The summed E-state index contributed by atoms with van der Waals surface area (Å²) in [7, 11) is 3.95. The summed E-state index contributed by atoms with van der Waals surface area (Å²) in [4.78, 5) is 14.9. The van der Waals surface area contributed by atoms with Crippen molar-refractivity contribution in [1.82, 2.24) is 5.43 Å². The number of carbonyl (C=O) groups is 1. The molecule has 4 rings (SSSR count). The largest absolute Gasteiger partial charge is 0.378 e. The van der Waals surface area contributed by atoms with E-state index in [0.717, 1.165) is 11.3 Å². The summed E-state index contributed by atoms with van der Waals surface area (Å²) in [6.07, 6.45) is -1.68. The van der Waals surface area contributed by atoms with Gasteiger partial charge in [0.2, 0.25) is 0 Å². The van der Waals surface area contributed by atoms with Crippen molar-refractivity contribution < 1.29 is 28.5 Å². The summed E-state index contributed by atoms with van der Waals surface area (Å²) in [5.74, 6) is -2.13. The molecule has 0 saturated carbocycles. The zero-order valence-electron chi connectivity index (χ0n) is 18.1. The van der Waals surface area contributed by atoms with Crippen LogP contribution in [0.15, 0.2) is 29.4 Å². The zero-order chi connectivity index (χ0) is 21.7. The summed E-state index contributed by atoms with van der Waals surface area (Å²) < 4.78 is 29.6. The molecule has 30 heavy (non-hydrogen) atoms. The van der Waals surface area contributed by atoms with Crippen molar-refractivity contribution in [1.29, 1.82) is 0 Å². The van der Waals surface area contributed by atoms with Gasteiger partial charge in [0.1, 0.15) is 18.3 Å². The highest BCUT2D eigenvalue weighted by Gasteiger charge is 2.62. The van der Waals surface area contributed by atoms with E-state index < -0.39 is 48.2 Å². The van der Waals surface area contributed by atoms with E-state index in [-0.39, 0.29) is 0 Å². The SMILES string of the molecule is CN(C)c1ccc(/C=N/NC(=O)C2OC3OC(C)(C)OC3C3OC(C)(C)OC23)cc1. The van der Waals surface area contributed by atoms with Crippen LogP contribution in [0.1, 0.15) is 33.3 Å². The number of amides is 1. The van der Waals surface area contributed by atoms with Crippen molar-refractivity contribution in [2.45, 2.75) is 70.0 Å². The lowest BCUT2D eigenvalue weighted by atomic mass is 9.98. The highest BCUT2D eigenvalue weighted by atomic mass is 16.9. The van der Waals surface area contributed by atoms with Gasteiger partial charge in [-0.3, -0.25) is 4.79 Å². The minimum absolute atomic E-state index is 0.431. The minimum atomic E-state index is -0.941. The molecule has 0 aromatic heterocycles. The molecule has 1 N–H and O–H groups in total. The Kier molecular flexibility index (Phi) is 5.36. The third kappa shape index (κ3) is 4.21. The molecule has 5 atom stereocenters. The average molecular weight is 419 g/mol. The highest BCUT2D eigenvalue weighted by Crippen LogP contribution is 2.44. The van der Waals surface area contributed by atoms with Crippen molar-refractivity contribution in [3.63, 3.8) is 0 Å². The number of ether oxygens (including phenoxy) is 5. The maximum Gasteiger partial charge on any atom is 0.272 e. The molecule has 0 bridgehead atoms. The van der Waals surface area contributed by atoms with Crippen LogP contribution in [0.4, 0.5) is 5.69 Å². The van der Waals surface area contributed by atoms with Crippen LogP contribution in [0, 0.1) is 0 Å². The van der Waals surface area contributed by atoms with Gasteiger partial charge >= 0.3 is 0 Å². The van der Waals surface area contributed by atoms with Crippen LogP contribution in [0.3, 0.4) is 0 Å². The molecule has 1 amide bonds. The van der Waals surface area contributed by atoms with Crippen LogP contribution in [-0.2, 0) is 28.5 Å². The Morgan fingerprint density at radius 2 is 1.57 bits per heavy atom. The Bertz CT molecular complexity index is 823. The number of anilines is 1. The molecule has 3 saturated heterocycles. The molecule has 0 radical (unpaired) electrons. The van der Waals surface area contributed by atoms with Crippen molar-refractivity contribution in [3.8, 4) is 0 Å². The third-order valence-corrected chi connectivity index (χ3v) is 5.21. The lowest BCUT2D eigenvalue weighted by molar-refractivity contribution is -0.231. The second-order valence-electron chi connectivity index (χ2n) is 8.81. The number of benzene rings is 1. The van der Waals surface area contributed by atoms with Gasteiger partial charge in [-0.25, -0.2) is 5.43 Å². The molecule has 3 fully saturated rings. The molecule has 1 aromatic carbocycles. The van der Waals surface area contributed by atoms with Crippen molar-refractivity contribution in [2.24, 2.45) is 5.10 Å². The summed E-state index contributed by atoms with van der Waals surface area (Å²) in [6.45, 7) is 7.19. The number of hydrazone groups is 1. The number of hydrogen-bond donors (Lipinski definition) is 1. The van der Waals surface area contributed by atoms with Crippen LogP contribution in [0.5, 0.6) is 0 Å². The van der Waals surface area contributed by atoms with Gasteiger partial charge in [0.05, 0.1) is 6.21 Å². The first-order chi connectivity index (χ1) is 14.0. The van der Waals surface area contributed by atoms with Crippen LogP contribution < -0.4 is 10.3 Å². The van der Waals surface area contributed by atoms with E-state index in [2.05, 4.69) is 10.5 Å². The van der Waals surface area contributed by atoms with Crippen molar-refractivity contribution in [2.75, 3.05) is 19.0 Å². The first-order valence-electron chi connectivity index (χ1n) is 10.0. The average Bonchev–Trinajstić information content (AvgIpc) is 3.15. The lowest BCUT2D eigenvalue weighted by Crippen LogP contribution is -2.59. The van der Waals surface area contributed by atoms with Gasteiger partial charge in [-0.1, -0.05) is 12.1 Å². The third-order valence-electron chi connectivity index (χ3n) is 5.21. The first kappa shape index (κ1) is 21.2. The Morgan fingerprint density at radius 3 is 2.23 bits per heavy atom. The molecule has 5 unspecified atom stereocenters. The Morgan fingerprint density at radius 1 is 0.967 bits per heavy atom. The Labute approximate surface area is 176 Å². The fraction of sp³-hybridized carbons (Fsp3) is 0.619. The maximum absolute atomic E-state index is 12.8. The van der Waals surface area contributed by atoms with E-state index in [1.54, 1.807) is 33.9 Å². The predicted molar refractivity (Wildman–Crippen MR) is 109 cm³/mol. The van der Waals surface area contributed by atoms with Gasteiger partial charge in [0, 0.05) is 19.8 Å². The monoisotopic (exact) mass is 419 g/mol. The normalized spacial score (nSPS) is 33.9. The topological polar surface area (TPSA) is 90.9 Å². The second-order valence-corrected chi connectivity index (χ2v) is 8.81. The van der Waals surface area contributed by atoms with Crippen LogP contribution in [0.25, 0.3) is 0 Å². The summed E-state index contributed by atoms with van der Waals surface area (Å²) in [5.41, 5.74) is 4.48. The molecular weight excluding hydrogens is 390 g/mol. The molecular formula is C21H29N3O6. The number of nitrogens with zero attached hydrogens (tertiary/aromatic N) is 2. The van der Waals surface area contributed by atoms with E-state index >= 15 is 0 Å². The fourth-order valence-electron chi connectivity index (χ4n) is 3.92. The van der Waals surface area contributed by atoms with Crippen molar-refractivity contribution in [3.05, 3.63) is 29.8 Å². The maximum atomic E-state index is 12.8. The molecule has 9 nitrogen and oxygen atoms in total. The van der Waals surface area contributed by atoms with Gasteiger partial charge in [-0.05, 0) is 45.4 Å². The van der Waals surface area contributed by atoms with E-state index in [4.69, 9.17) is 23.7 Å². The van der Waals surface area contributed by atoms with Gasteiger partial charge in [-0.2, -0.15) is 5.10 Å². The quantitative estimate of drug-likeness (QED) is 0.586. The van der Waals surface area contributed by atoms with E-state index in [1.165, 1.54) is 0 Å². The first-order valence-corrected chi connectivity index (χ1v) is 10.0. The van der Waals surface area contributed by atoms with Crippen molar-refractivity contribution >= 4 is 17.8 Å². The second kappa shape index (κ2) is 7.58. The zero-order valence-corrected chi connectivity index (χ0v) is 18.1. The molecule has 0 spiro atoms. The van der Waals surface area contributed by atoms with Gasteiger partial charge in [0.25, 0.3) is 5.91 Å². The fourth-order valence-corrected chi connectivity index (χ4v) is 3.92. The Balaban J connectivity index is 1.45. The molecule has 3 aliphatic rings. The lowest BCUT2D eigenvalue weighted by Gasteiger charge is -2.36. The van der Waals surface area contributed by atoms with Gasteiger partial charge in [-0.15, -0.1) is 0 Å². The van der Waals surface area contributed by atoms with E-state index in [1.807, 2.05) is 43.3 Å². The number of rotatable bonds is 4. The van der Waals surface area contributed by atoms with E-state index in [9.17, 15) is 4.79 Å². The molecule has 3 aliphatic heterocycles. The highest BCUT2D eigenvalue weighted by molar-refractivity contribution is 5.85. The number of nitrogens with one attached hydrogen (secondary N) is 1. The van der Waals surface area contributed by atoms with Crippen LogP contribution >= 0.6 is 0 Å². The summed E-state index contributed by atoms with van der Waals surface area (Å²) in [5, 5.41) is 4.07. The number of hydrogen-bond acceptors (Lipinski definition) is 8. The molecule has 164 valence electrons. The van der Waals surface area contributed by atoms with Gasteiger partial charge < -0.3 is 28.6 Å². The van der Waals surface area contributed by atoms with Gasteiger partial charge in [0.15, 0.2) is 24.0 Å². The standard InChI is InChI=1S/C21H29N3O6/c1-20(2)27-14-15(28-20)17-19(30-21(3,4)29-17)26-16(14)18(25)23-22-11-12-7-9-13(10-8-12)24(5)6/h7-11,14-17,19H,1-6H3,(H,23,25)/b22-11+. The summed E-state index contributed by atoms with van der Waals surface area (Å²) >= 11 is 0. The Hall–Kier alpha value is -2.04. The number of fused-ring (bicyclic) bond motifs is 3. The number of carbonyl (C=O) groups excluding carboxylic acids is 1. The molecule has 3 heterocycles. The molecule has 0 aliphatic carbocycles. The van der Waals surface area contributed by atoms with Crippen LogP contribution in [-0.4, -0.2) is 68.5 Å². The molecule has 9 heteroatoms. The van der Waals surface area contributed by atoms with E-state index in [0.29, 0.717) is 0 Å². The minimum Gasteiger partial charge on any atom is -0.378 e. The smallest absolute Gasteiger partial charge is 0.272 e. The van der Waals surface area contributed by atoms with Crippen LogP contribution in [0.2, 0.25) is 0 Å². The predicted octanol–water partition coefficient (Wildman–Crippen LogP) is 1.60. The molecule has 1 aromatic rings. The summed E-state index contributed by atoms with van der Waals surface area (Å²) in [6, 6.07) is 7.79.